The summed E-state index contributed by atoms with van der Waals surface area (Å²) in [5, 5.41) is 0. The van der Waals surface area contributed by atoms with E-state index >= 15 is 0 Å². The Morgan fingerprint density at radius 1 is 1.17 bits per heavy atom. The topological polar surface area (TPSA) is 47.3 Å². The number of hydrogen-bond acceptors (Lipinski definition) is 3. The highest BCUT2D eigenvalue weighted by Crippen LogP contribution is 2.33. The van der Waals surface area contributed by atoms with Gasteiger partial charge in [-0.25, -0.2) is 0 Å². The average Bonchev–Trinajstić information content (AvgIpc) is 2.42. The lowest BCUT2D eigenvalue weighted by Gasteiger charge is -2.33. The Morgan fingerprint density at radius 3 is 2.44 bits per heavy atom. The van der Waals surface area contributed by atoms with Crippen molar-refractivity contribution >= 4 is 0 Å². The van der Waals surface area contributed by atoms with Gasteiger partial charge < -0.3 is 4.74 Å². The number of ether oxygens (including phenoxy) is 1. The van der Waals surface area contributed by atoms with Gasteiger partial charge in [0.05, 0.1) is 6.61 Å². The normalized spacial score (nSPS) is 26.2. The Balaban J connectivity index is 2.22. The molecule has 0 aromatic heterocycles. The molecule has 0 aliphatic heterocycles. The number of nitrogens with one attached hydrogen (secondary N) is 1. The van der Waals surface area contributed by atoms with E-state index in [9.17, 15) is 0 Å². The van der Waals surface area contributed by atoms with Crippen LogP contribution in [0.25, 0.3) is 0 Å². The third kappa shape index (κ3) is 5.68. The second kappa shape index (κ2) is 9.76. The second-order valence-corrected chi connectivity index (χ2v) is 5.77. The summed E-state index contributed by atoms with van der Waals surface area (Å²) >= 11 is 0. The van der Waals surface area contributed by atoms with Crippen molar-refractivity contribution in [3.05, 3.63) is 0 Å². The Morgan fingerprint density at radius 2 is 1.89 bits per heavy atom. The van der Waals surface area contributed by atoms with Crippen LogP contribution in [0, 0.1) is 11.8 Å². The summed E-state index contributed by atoms with van der Waals surface area (Å²) in [5.41, 5.74) is 2.96. The van der Waals surface area contributed by atoms with Gasteiger partial charge in [-0.1, -0.05) is 46.0 Å². The monoisotopic (exact) mass is 256 g/mol. The van der Waals surface area contributed by atoms with E-state index in [0.29, 0.717) is 12.0 Å². The minimum atomic E-state index is 0.351. The van der Waals surface area contributed by atoms with Crippen LogP contribution in [0.5, 0.6) is 0 Å². The molecular weight excluding hydrogens is 224 g/mol. The quantitative estimate of drug-likeness (QED) is 0.378. The van der Waals surface area contributed by atoms with Gasteiger partial charge in [-0.3, -0.25) is 11.3 Å². The fraction of sp³-hybridized carbons (Fsp3) is 1.00. The highest BCUT2D eigenvalue weighted by molar-refractivity contribution is 4.80. The van der Waals surface area contributed by atoms with Crippen molar-refractivity contribution in [2.45, 2.75) is 71.3 Å². The first kappa shape index (κ1) is 15.9. The molecule has 1 unspecified atom stereocenters. The predicted molar refractivity (Wildman–Crippen MR) is 77.2 cm³/mol. The molecule has 0 bridgehead atoms. The number of hydrogen-bond donors (Lipinski definition) is 2. The number of rotatable bonds is 9. The van der Waals surface area contributed by atoms with Gasteiger partial charge in [0.25, 0.3) is 0 Å². The molecule has 0 amide bonds. The maximum atomic E-state index is 5.67. The van der Waals surface area contributed by atoms with E-state index in [4.69, 9.17) is 10.6 Å². The molecule has 0 spiro atoms. The van der Waals surface area contributed by atoms with Crippen molar-refractivity contribution in [3.8, 4) is 0 Å². The Labute approximate surface area is 113 Å². The molecule has 3 N–H and O–H groups in total. The van der Waals surface area contributed by atoms with Gasteiger partial charge in [-0.15, -0.1) is 0 Å². The van der Waals surface area contributed by atoms with Crippen LogP contribution in [0.4, 0.5) is 0 Å². The number of unbranched alkanes of at least 4 members (excludes halogenated alkanes) is 1. The molecule has 1 aliphatic carbocycles. The molecule has 3 nitrogen and oxygen atoms in total. The molecule has 1 atom stereocenters. The van der Waals surface area contributed by atoms with E-state index in [1.807, 2.05) is 0 Å². The summed E-state index contributed by atoms with van der Waals surface area (Å²) in [5.74, 6) is 7.35. The van der Waals surface area contributed by atoms with Gasteiger partial charge >= 0.3 is 0 Å². The van der Waals surface area contributed by atoms with Crippen LogP contribution in [-0.4, -0.2) is 19.3 Å². The minimum Gasteiger partial charge on any atom is -0.380 e. The molecule has 1 fully saturated rings. The fourth-order valence-corrected chi connectivity index (χ4v) is 3.05. The average molecular weight is 256 g/mol. The minimum absolute atomic E-state index is 0.351. The van der Waals surface area contributed by atoms with Crippen molar-refractivity contribution in [2.75, 3.05) is 13.2 Å². The van der Waals surface area contributed by atoms with E-state index in [1.54, 1.807) is 0 Å². The van der Waals surface area contributed by atoms with E-state index < -0.39 is 0 Å². The van der Waals surface area contributed by atoms with Crippen molar-refractivity contribution in [2.24, 2.45) is 17.7 Å². The number of nitrogens with two attached hydrogens (primary N) is 1. The maximum Gasteiger partial charge on any atom is 0.0635 e. The lowest BCUT2D eigenvalue weighted by Crippen LogP contribution is -2.45. The van der Waals surface area contributed by atoms with Gasteiger partial charge in [0.15, 0.2) is 0 Å². The Kier molecular flexibility index (Phi) is 8.64. The van der Waals surface area contributed by atoms with Gasteiger partial charge in [0.1, 0.15) is 0 Å². The van der Waals surface area contributed by atoms with E-state index in [1.165, 1.54) is 44.9 Å². The van der Waals surface area contributed by atoms with Crippen molar-refractivity contribution in [1.82, 2.24) is 5.43 Å². The molecule has 0 heterocycles. The molecule has 3 heteroatoms. The first-order chi connectivity index (χ1) is 8.81. The lowest BCUT2D eigenvalue weighted by molar-refractivity contribution is 0.0793. The molecule has 0 radical (unpaired) electrons. The molecule has 0 aromatic carbocycles. The molecule has 108 valence electrons. The van der Waals surface area contributed by atoms with Gasteiger partial charge in [-0.05, 0) is 31.1 Å². The van der Waals surface area contributed by atoms with Gasteiger partial charge in [0.2, 0.25) is 0 Å². The summed E-state index contributed by atoms with van der Waals surface area (Å²) in [6, 6.07) is 0.351. The lowest BCUT2D eigenvalue weighted by atomic mass is 9.77. The van der Waals surface area contributed by atoms with E-state index in [0.717, 1.165) is 25.6 Å². The zero-order valence-electron chi connectivity index (χ0n) is 12.3. The molecular formula is C15H32N2O. The summed E-state index contributed by atoms with van der Waals surface area (Å²) in [4.78, 5) is 0. The summed E-state index contributed by atoms with van der Waals surface area (Å²) in [6.07, 6.45) is 10.6. The van der Waals surface area contributed by atoms with Crippen molar-refractivity contribution < 1.29 is 4.74 Å². The van der Waals surface area contributed by atoms with E-state index in [-0.39, 0.29) is 0 Å². The maximum absolute atomic E-state index is 5.67. The van der Waals surface area contributed by atoms with Gasteiger partial charge in [-0.2, -0.15) is 0 Å². The molecule has 0 aromatic rings. The van der Waals surface area contributed by atoms with E-state index in [2.05, 4.69) is 19.3 Å². The predicted octanol–water partition coefficient (Wildman–Crippen LogP) is 3.24. The summed E-state index contributed by atoms with van der Waals surface area (Å²) in [7, 11) is 0. The van der Waals surface area contributed by atoms with Crippen LogP contribution >= 0.6 is 0 Å². The largest absolute Gasteiger partial charge is 0.380 e. The Bertz CT molecular complexity index is 191. The first-order valence-electron chi connectivity index (χ1n) is 7.85. The second-order valence-electron chi connectivity index (χ2n) is 5.77. The third-order valence-electron chi connectivity index (χ3n) is 4.29. The van der Waals surface area contributed by atoms with Crippen LogP contribution in [0.1, 0.15) is 65.2 Å². The van der Waals surface area contributed by atoms with Gasteiger partial charge in [0, 0.05) is 12.6 Å². The standard InChI is InChI=1S/C15H32N2O/c1-3-5-6-13-7-9-14(10-8-13)15(17-16)12-18-11-4-2/h13-15,17H,3-12,16H2,1-2H3. The smallest absolute Gasteiger partial charge is 0.0635 e. The van der Waals surface area contributed by atoms with Crippen LogP contribution in [-0.2, 0) is 4.74 Å². The highest BCUT2D eigenvalue weighted by atomic mass is 16.5. The SMILES string of the molecule is CCCCC1CCC(C(COCCC)NN)CC1. The molecule has 1 saturated carbocycles. The fourth-order valence-electron chi connectivity index (χ4n) is 3.05. The number of hydrazine groups is 1. The summed E-state index contributed by atoms with van der Waals surface area (Å²) < 4.78 is 5.64. The summed E-state index contributed by atoms with van der Waals surface area (Å²) in [6.45, 7) is 6.05. The van der Waals surface area contributed by atoms with Crippen LogP contribution in [0.2, 0.25) is 0 Å². The van der Waals surface area contributed by atoms with Crippen molar-refractivity contribution in [3.63, 3.8) is 0 Å². The first-order valence-corrected chi connectivity index (χ1v) is 7.85. The molecule has 0 saturated heterocycles. The molecule has 1 aliphatic rings. The van der Waals surface area contributed by atoms with Crippen LogP contribution < -0.4 is 11.3 Å². The third-order valence-corrected chi connectivity index (χ3v) is 4.29. The zero-order valence-corrected chi connectivity index (χ0v) is 12.3. The Hall–Kier alpha value is -0.120. The molecule has 1 rings (SSSR count). The molecule has 18 heavy (non-hydrogen) atoms. The highest BCUT2D eigenvalue weighted by Gasteiger charge is 2.26. The van der Waals surface area contributed by atoms with Crippen LogP contribution in [0.15, 0.2) is 0 Å². The zero-order chi connectivity index (χ0) is 13.2. The van der Waals surface area contributed by atoms with Crippen molar-refractivity contribution in [1.29, 1.82) is 0 Å². The van der Waals surface area contributed by atoms with Crippen LogP contribution in [0.3, 0.4) is 0 Å².